The molecule has 0 aliphatic heterocycles. The van der Waals surface area contributed by atoms with E-state index in [1.54, 1.807) is 13.0 Å². The third-order valence-corrected chi connectivity index (χ3v) is 2.26. The molecule has 1 amide bonds. The molecule has 1 aromatic carbocycles. The number of hydrogen-bond acceptors (Lipinski definition) is 5. The Hall–Kier alpha value is -2.63. The van der Waals surface area contributed by atoms with E-state index in [2.05, 4.69) is 10.5 Å². The number of amides is 1. The van der Waals surface area contributed by atoms with E-state index in [1.807, 2.05) is 0 Å². The molecule has 18 heavy (non-hydrogen) atoms. The Morgan fingerprint density at radius 3 is 2.50 bits per heavy atom. The maximum atomic E-state index is 11.9. The summed E-state index contributed by atoms with van der Waals surface area (Å²) in [6.45, 7) is 1.68. The summed E-state index contributed by atoms with van der Waals surface area (Å²) >= 11 is 0. The summed E-state index contributed by atoms with van der Waals surface area (Å²) in [6.07, 6.45) is 0. The van der Waals surface area contributed by atoms with Gasteiger partial charge in [0, 0.05) is 17.2 Å². The first-order valence-electron chi connectivity index (χ1n) is 5.13. The van der Waals surface area contributed by atoms with Crippen LogP contribution < -0.4 is 10.4 Å². The highest BCUT2D eigenvalue weighted by atomic mass is 16.5. The molecular weight excluding hydrogens is 236 g/mol. The highest BCUT2D eigenvalue weighted by Gasteiger charge is 2.13. The predicted molar refractivity (Wildman–Crippen MR) is 60.0 cm³/mol. The number of aromatic nitrogens is 1. The van der Waals surface area contributed by atoms with Gasteiger partial charge in [-0.15, -0.1) is 0 Å². The van der Waals surface area contributed by atoms with E-state index in [4.69, 9.17) is 4.52 Å². The Morgan fingerprint density at radius 1 is 1.28 bits per heavy atom. The van der Waals surface area contributed by atoms with E-state index in [0.717, 1.165) is 0 Å². The van der Waals surface area contributed by atoms with Crippen molar-refractivity contribution >= 4 is 17.7 Å². The Kier molecular flexibility index (Phi) is 3.09. The summed E-state index contributed by atoms with van der Waals surface area (Å²) < 4.78 is 4.79. The van der Waals surface area contributed by atoms with Crippen molar-refractivity contribution in [2.24, 2.45) is 0 Å². The van der Waals surface area contributed by atoms with Gasteiger partial charge < -0.3 is 19.7 Å². The number of aromatic carboxylic acids is 1. The third-order valence-electron chi connectivity index (χ3n) is 2.26. The van der Waals surface area contributed by atoms with Gasteiger partial charge in [-0.25, -0.2) is 0 Å². The van der Waals surface area contributed by atoms with Crippen molar-refractivity contribution in [3.8, 4) is 0 Å². The number of rotatable bonds is 3. The van der Waals surface area contributed by atoms with Crippen molar-refractivity contribution in [3.05, 3.63) is 47.2 Å². The van der Waals surface area contributed by atoms with Crippen LogP contribution >= 0.6 is 0 Å². The normalized spacial score (nSPS) is 10.1. The summed E-state index contributed by atoms with van der Waals surface area (Å²) in [6, 6.07) is 7.31. The summed E-state index contributed by atoms with van der Waals surface area (Å²) in [5.74, 6) is -1.22. The maximum Gasteiger partial charge on any atom is 0.257 e. The van der Waals surface area contributed by atoms with Crippen LogP contribution in [0.4, 0.5) is 5.82 Å². The summed E-state index contributed by atoms with van der Waals surface area (Å²) in [5, 5.41) is 16.9. The molecule has 0 saturated heterocycles. The van der Waals surface area contributed by atoms with Crippen LogP contribution in [-0.4, -0.2) is 17.0 Å². The van der Waals surface area contributed by atoms with Crippen LogP contribution in [0.5, 0.6) is 0 Å². The highest BCUT2D eigenvalue weighted by Crippen LogP contribution is 2.12. The van der Waals surface area contributed by atoms with Crippen molar-refractivity contribution in [2.75, 3.05) is 5.32 Å². The number of carbonyl (C=O) groups excluding carboxylic acids is 2. The lowest BCUT2D eigenvalue weighted by Crippen LogP contribution is -2.26. The van der Waals surface area contributed by atoms with Crippen molar-refractivity contribution in [3.63, 3.8) is 0 Å². The van der Waals surface area contributed by atoms with Gasteiger partial charge in [0.2, 0.25) is 0 Å². The van der Waals surface area contributed by atoms with Gasteiger partial charge in [-0.3, -0.25) is 4.79 Å². The minimum absolute atomic E-state index is 0.0122. The highest BCUT2D eigenvalue weighted by molar-refractivity contribution is 6.09. The van der Waals surface area contributed by atoms with E-state index < -0.39 is 11.9 Å². The second kappa shape index (κ2) is 4.70. The van der Waals surface area contributed by atoms with Crippen LogP contribution in [0.15, 0.2) is 34.9 Å². The van der Waals surface area contributed by atoms with Crippen molar-refractivity contribution in [1.82, 2.24) is 5.16 Å². The van der Waals surface area contributed by atoms with Crippen molar-refractivity contribution in [2.45, 2.75) is 6.92 Å². The largest absolute Gasteiger partial charge is 0.545 e. The fourth-order valence-corrected chi connectivity index (χ4v) is 1.47. The first-order valence-corrected chi connectivity index (χ1v) is 5.13. The average molecular weight is 245 g/mol. The standard InChI is InChI=1S/C12H10N2O4/c1-7-6-10(14-18-7)13-11(15)8-4-2-3-5-9(8)12(16)17/h2-6H,1H3,(H,16,17)(H,13,14,15)/p-1. The molecule has 0 bridgehead atoms. The second-order valence-electron chi connectivity index (χ2n) is 3.61. The van der Waals surface area contributed by atoms with Crippen LogP contribution in [0.3, 0.4) is 0 Å². The predicted octanol–water partition coefficient (Wildman–Crippen LogP) is 0.599. The molecule has 92 valence electrons. The van der Waals surface area contributed by atoms with Crippen LogP contribution in [0.25, 0.3) is 0 Å². The number of anilines is 1. The van der Waals surface area contributed by atoms with Gasteiger partial charge in [0.25, 0.3) is 5.91 Å². The first-order chi connectivity index (χ1) is 8.58. The molecule has 6 heteroatoms. The summed E-state index contributed by atoms with van der Waals surface area (Å²) in [7, 11) is 0. The number of nitrogens with one attached hydrogen (secondary N) is 1. The molecule has 2 rings (SSSR count). The summed E-state index contributed by atoms with van der Waals surface area (Å²) in [4.78, 5) is 22.7. The lowest BCUT2D eigenvalue weighted by atomic mass is 10.1. The topological polar surface area (TPSA) is 95.3 Å². The van der Waals surface area contributed by atoms with Crippen molar-refractivity contribution < 1.29 is 19.2 Å². The second-order valence-corrected chi connectivity index (χ2v) is 3.61. The molecule has 0 radical (unpaired) electrons. The number of carbonyl (C=O) groups is 2. The smallest absolute Gasteiger partial charge is 0.257 e. The zero-order valence-electron chi connectivity index (χ0n) is 9.47. The Bertz CT molecular complexity index is 604. The van der Waals surface area contributed by atoms with Gasteiger partial charge in [-0.1, -0.05) is 23.4 Å². The van der Waals surface area contributed by atoms with Gasteiger partial charge in [0.15, 0.2) is 5.82 Å². The molecule has 2 aromatic rings. The van der Waals surface area contributed by atoms with Gasteiger partial charge in [-0.2, -0.15) is 0 Å². The molecule has 1 N–H and O–H groups in total. The number of carboxylic acids is 1. The van der Waals surface area contributed by atoms with Crippen molar-refractivity contribution in [1.29, 1.82) is 0 Å². The molecule has 0 fully saturated rings. The number of nitrogens with zero attached hydrogens (tertiary/aromatic N) is 1. The Morgan fingerprint density at radius 2 is 1.94 bits per heavy atom. The first kappa shape index (κ1) is 11.8. The molecule has 6 nitrogen and oxygen atoms in total. The van der Waals surface area contributed by atoms with Gasteiger partial charge >= 0.3 is 0 Å². The zero-order valence-corrected chi connectivity index (χ0v) is 9.47. The average Bonchev–Trinajstić information content (AvgIpc) is 2.74. The van der Waals surface area contributed by atoms with Gasteiger partial charge in [0.05, 0.1) is 5.97 Å². The summed E-state index contributed by atoms with van der Waals surface area (Å²) in [5.41, 5.74) is -0.159. The molecular formula is C12H9N2O4-. The van der Waals surface area contributed by atoms with E-state index >= 15 is 0 Å². The minimum Gasteiger partial charge on any atom is -0.545 e. The van der Waals surface area contributed by atoms with Crippen LogP contribution in [0.2, 0.25) is 0 Å². The van der Waals surface area contributed by atoms with Crippen LogP contribution in [0.1, 0.15) is 26.5 Å². The lowest BCUT2D eigenvalue weighted by Gasteiger charge is -2.08. The number of benzene rings is 1. The molecule has 0 atom stereocenters. The van der Waals surface area contributed by atoms with E-state index in [9.17, 15) is 14.7 Å². The van der Waals surface area contributed by atoms with E-state index in [1.165, 1.54) is 24.3 Å². The van der Waals surface area contributed by atoms with Gasteiger partial charge in [-0.05, 0) is 13.0 Å². The quantitative estimate of drug-likeness (QED) is 0.854. The number of aryl methyl sites for hydroxylation is 1. The van der Waals surface area contributed by atoms with Crippen LogP contribution in [0, 0.1) is 6.92 Å². The monoisotopic (exact) mass is 245 g/mol. The molecule has 0 spiro atoms. The number of hydrogen-bond donors (Lipinski definition) is 1. The Balaban J connectivity index is 2.26. The fraction of sp³-hybridized carbons (Fsp3) is 0.0833. The molecule has 0 saturated carbocycles. The van der Waals surface area contributed by atoms with Crippen LogP contribution in [-0.2, 0) is 0 Å². The molecule has 0 aliphatic rings. The minimum atomic E-state index is -1.41. The van der Waals surface area contributed by atoms with E-state index in [-0.39, 0.29) is 16.9 Å². The fourth-order valence-electron chi connectivity index (χ4n) is 1.47. The molecule has 1 aromatic heterocycles. The maximum absolute atomic E-state index is 11.9. The third kappa shape index (κ3) is 2.37. The van der Waals surface area contributed by atoms with Gasteiger partial charge in [0.1, 0.15) is 5.76 Å². The molecule has 1 heterocycles. The Labute approximate surface area is 102 Å². The lowest BCUT2D eigenvalue weighted by molar-refractivity contribution is -0.255. The number of carboxylic acid groups (broad SMARTS) is 1. The van der Waals surface area contributed by atoms with E-state index in [0.29, 0.717) is 5.76 Å². The molecule has 0 aliphatic carbocycles. The SMILES string of the molecule is Cc1cc(NC(=O)c2ccccc2C(=O)[O-])no1. The molecule has 0 unspecified atom stereocenters. The zero-order chi connectivity index (χ0) is 13.1.